The summed E-state index contributed by atoms with van der Waals surface area (Å²) in [5.74, 6) is 0. The first-order chi connectivity index (χ1) is 4.93. The van der Waals surface area contributed by atoms with Crippen LogP contribution >= 0.6 is 32.2 Å². The molecular weight excluding hydrogens is 276 g/mol. The standard InChI is InChI=1S/C7H14Br2O2/c1-4-6(2,5-10)7(3,8)11-9/h10H,4-5H2,1-3H3. The topological polar surface area (TPSA) is 29.5 Å². The van der Waals surface area contributed by atoms with Gasteiger partial charge in [0.05, 0.1) is 6.61 Å². The first-order valence-corrected chi connectivity index (χ1v) is 4.97. The monoisotopic (exact) mass is 288 g/mol. The summed E-state index contributed by atoms with van der Waals surface area (Å²) in [6, 6.07) is 0. The largest absolute Gasteiger partial charge is 0.396 e. The Bertz CT molecular complexity index is 122. The van der Waals surface area contributed by atoms with Crippen LogP contribution in [-0.4, -0.2) is 16.2 Å². The van der Waals surface area contributed by atoms with Crippen molar-refractivity contribution in [1.82, 2.24) is 0 Å². The van der Waals surface area contributed by atoms with Crippen molar-refractivity contribution in [2.75, 3.05) is 6.61 Å². The molecule has 0 aromatic heterocycles. The minimum Gasteiger partial charge on any atom is -0.396 e. The molecule has 11 heavy (non-hydrogen) atoms. The number of halogens is 2. The number of rotatable bonds is 4. The lowest BCUT2D eigenvalue weighted by Gasteiger charge is -2.38. The summed E-state index contributed by atoms with van der Waals surface area (Å²) < 4.78 is 4.53. The summed E-state index contributed by atoms with van der Waals surface area (Å²) in [5, 5.41) is 9.12. The Hall–Kier alpha value is 0.880. The highest BCUT2D eigenvalue weighted by atomic mass is 79.9. The predicted molar refractivity (Wildman–Crippen MR) is 52.8 cm³/mol. The van der Waals surface area contributed by atoms with E-state index >= 15 is 0 Å². The maximum absolute atomic E-state index is 9.12. The molecule has 0 rings (SSSR count). The number of hydrogen-bond acceptors (Lipinski definition) is 2. The highest BCUT2D eigenvalue weighted by molar-refractivity contribution is 9.11. The van der Waals surface area contributed by atoms with E-state index < -0.39 is 4.51 Å². The molecule has 0 aliphatic heterocycles. The van der Waals surface area contributed by atoms with Crippen molar-refractivity contribution in [2.24, 2.45) is 5.41 Å². The molecule has 0 amide bonds. The molecule has 0 fully saturated rings. The van der Waals surface area contributed by atoms with Crippen LogP contribution in [0.1, 0.15) is 27.2 Å². The third-order valence-electron chi connectivity index (χ3n) is 2.35. The van der Waals surface area contributed by atoms with E-state index in [1.807, 2.05) is 20.8 Å². The van der Waals surface area contributed by atoms with E-state index in [-0.39, 0.29) is 12.0 Å². The lowest BCUT2D eigenvalue weighted by atomic mass is 9.83. The quantitative estimate of drug-likeness (QED) is 0.807. The fourth-order valence-electron chi connectivity index (χ4n) is 0.662. The van der Waals surface area contributed by atoms with Crippen LogP contribution in [0.2, 0.25) is 0 Å². The second-order valence-corrected chi connectivity index (χ2v) is 4.90. The summed E-state index contributed by atoms with van der Waals surface area (Å²) in [6.07, 6.45) is 0.844. The van der Waals surface area contributed by atoms with Crippen molar-refractivity contribution in [1.29, 1.82) is 0 Å². The average molecular weight is 290 g/mol. The number of aliphatic hydroxyl groups is 1. The molecule has 0 heterocycles. The van der Waals surface area contributed by atoms with Crippen LogP contribution in [0.15, 0.2) is 0 Å². The average Bonchev–Trinajstić information content (AvgIpc) is 2.02. The van der Waals surface area contributed by atoms with Crippen LogP contribution in [0.5, 0.6) is 0 Å². The molecule has 0 radical (unpaired) electrons. The van der Waals surface area contributed by atoms with E-state index in [9.17, 15) is 0 Å². The van der Waals surface area contributed by atoms with Crippen LogP contribution in [0.25, 0.3) is 0 Å². The van der Waals surface area contributed by atoms with Crippen molar-refractivity contribution < 1.29 is 8.93 Å². The fourth-order valence-corrected chi connectivity index (χ4v) is 1.46. The van der Waals surface area contributed by atoms with Crippen LogP contribution < -0.4 is 0 Å². The van der Waals surface area contributed by atoms with Gasteiger partial charge in [-0.2, -0.15) is 0 Å². The molecule has 2 nitrogen and oxygen atoms in total. The lowest BCUT2D eigenvalue weighted by Crippen LogP contribution is -2.41. The van der Waals surface area contributed by atoms with Gasteiger partial charge in [0.25, 0.3) is 0 Å². The van der Waals surface area contributed by atoms with Crippen molar-refractivity contribution in [3.63, 3.8) is 0 Å². The van der Waals surface area contributed by atoms with Gasteiger partial charge in [0, 0.05) is 5.41 Å². The summed E-state index contributed by atoms with van der Waals surface area (Å²) in [7, 11) is 0. The van der Waals surface area contributed by atoms with Gasteiger partial charge in [0.2, 0.25) is 0 Å². The molecule has 0 aliphatic carbocycles. The Morgan fingerprint density at radius 1 is 1.45 bits per heavy atom. The molecule has 0 bridgehead atoms. The molecule has 0 aliphatic rings. The van der Waals surface area contributed by atoms with Gasteiger partial charge >= 0.3 is 0 Å². The van der Waals surface area contributed by atoms with Gasteiger partial charge in [-0.05, 0) is 13.3 Å². The summed E-state index contributed by atoms with van der Waals surface area (Å²) in [6.45, 7) is 5.95. The van der Waals surface area contributed by atoms with E-state index in [4.69, 9.17) is 8.93 Å². The highest BCUT2D eigenvalue weighted by Gasteiger charge is 2.42. The van der Waals surface area contributed by atoms with Gasteiger partial charge in [0.15, 0.2) is 0 Å². The normalized spacial score (nSPS) is 22.4. The Labute approximate surface area is 84.9 Å². The van der Waals surface area contributed by atoms with Gasteiger partial charge in [-0.15, -0.1) is 0 Å². The van der Waals surface area contributed by atoms with Gasteiger partial charge < -0.3 is 5.11 Å². The van der Waals surface area contributed by atoms with E-state index in [0.717, 1.165) is 6.42 Å². The third kappa shape index (κ3) is 2.41. The van der Waals surface area contributed by atoms with Crippen LogP contribution in [-0.2, 0) is 3.83 Å². The minimum absolute atomic E-state index is 0.0941. The van der Waals surface area contributed by atoms with Crippen molar-refractivity contribution in [3.8, 4) is 0 Å². The molecule has 0 saturated carbocycles. The lowest BCUT2D eigenvalue weighted by molar-refractivity contribution is 0.0178. The van der Waals surface area contributed by atoms with Gasteiger partial charge in [0.1, 0.15) is 20.8 Å². The van der Waals surface area contributed by atoms with Crippen molar-refractivity contribution >= 4 is 32.2 Å². The van der Waals surface area contributed by atoms with Crippen molar-refractivity contribution in [2.45, 2.75) is 31.7 Å². The molecule has 68 valence electrons. The first-order valence-electron chi connectivity index (χ1n) is 3.53. The second-order valence-electron chi connectivity index (χ2n) is 3.07. The van der Waals surface area contributed by atoms with Gasteiger partial charge in [-0.25, -0.2) is 0 Å². The zero-order chi connectivity index (χ0) is 9.12. The van der Waals surface area contributed by atoms with Crippen LogP contribution in [0.4, 0.5) is 0 Å². The second kappa shape index (κ2) is 4.21. The maximum atomic E-state index is 9.12. The Morgan fingerprint density at radius 3 is 2.00 bits per heavy atom. The van der Waals surface area contributed by atoms with Gasteiger partial charge in [-0.1, -0.05) is 29.8 Å². The molecule has 1 N–H and O–H groups in total. The Kier molecular flexibility index (Phi) is 4.55. The maximum Gasteiger partial charge on any atom is 0.142 e. The molecule has 2 unspecified atom stereocenters. The zero-order valence-corrected chi connectivity index (χ0v) is 10.2. The Morgan fingerprint density at radius 2 is 1.91 bits per heavy atom. The predicted octanol–water partition coefficient (Wildman–Crippen LogP) is 2.83. The number of aliphatic hydroxyl groups excluding tert-OH is 1. The fraction of sp³-hybridized carbons (Fsp3) is 1.00. The number of hydrogen-bond donors (Lipinski definition) is 1. The number of alkyl halides is 1. The van der Waals surface area contributed by atoms with Crippen LogP contribution in [0, 0.1) is 5.41 Å². The molecule has 0 aromatic rings. The summed E-state index contributed by atoms with van der Waals surface area (Å²) in [4.78, 5) is 0. The van der Waals surface area contributed by atoms with Gasteiger partial charge in [-0.3, -0.25) is 3.83 Å². The third-order valence-corrected chi connectivity index (χ3v) is 4.55. The van der Waals surface area contributed by atoms with Crippen molar-refractivity contribution in [3.05, 3.63) is 0 Å². The smallest absolute Gasteiger partial charge is 0.142 e. The Balaban J connectivity index is 4.47. The molecule has 0 saturated heterocycles. The minimum atomic E-state index is -0.524. The van der Waals surface area contributed by atoms with E-state index in [1.54, 1.807) is 0 Å². The van der Waals surface area contributed by atoms with E-state index in [2.05, 4.69) is 32.2 Å². The summed E-state index contributed by atoms with van der Waals surface area (Å²) >= 11 is 6.33. The highest BCUT2D eigenvalue weighted by Crippen LogP contribution is 2.42. The SMILES string of the molecule is CCC(C)(CO)C(C)(Br)OBr. The molecular formula is C7H14Br2O2. The van der Waals surface area contributed by atoms with E-state index in [0.29, 0.717) is 0 Å². The molecule has 2 atom stereocenters. The molecule has 4 heteroatoms. The van der Waals surface area contributed by atoms with E-state index in [1.165, 1.54) is 0 Å². The summed E-state index contributed by atoms with van der Waals surface area (Å²) in [5.41, 5.74) is -0.267. The molecule has 0 aromatic carbocycles. The first kappa shape index (κ1) is 11.9. The zero-order valence-electron chi connectivity index (χ0n) is 7.03. The molecule has 0 spiro atoms. The van der Waals surface area contributed by atoms with Crippen LogP contribution in [0.3, 0.4) is 0 Å².